The molecule has 1 aromatic heterocycles. The molecular formula is C11H17N3O. The first-order chi connectivity index (χ1) is 6.95. The number of hydrogen-bond acceptors (Lipinski definition) is 3. The van der Waals surface area contributed by atoms with E-state index in [4.69, 9.17) is 0 Å². The molecule has 0 unspecified atom stereocenters. The number of anilines is 1. The summed E-state index contributed by atoms with van der Waals surface area (Å²) in [7, 11) is 1.76. The number of aryl methyl sites for hydroxylation is 1. The summed E-state index contributed by atoms with van der Waals surface area (Å²) >= 11 is 0. The van der Waals surface area contributed by atoms with E-state index in [0.29, 0.717) is 0 Å². The molecule has 0 aromatic carbocycles. The minimum atomic E-state index is -0.580. The van der Waals surface area contributed by atoms with Crippen molar-refractivity contribution in [3.05, 3.63) is 24.0 Å². The van der Waals surface area contributed by atoms with E-state index >= 15 is 0 Å². The molecule has 0 aliphatic heterocycles. The van der Waals surface area contributed by atoms with Crippen molar-refractivity contribution in [3.8, 4) is 0 Å². The van der Waals surface area contributed by atoms with Crippen LogP contribution in [-0.2, 0) is 4.79 Å². The van der Waals surface area contributed by atoms with E-state index in [2.05, 4.69) is 15.6 Å². The van der Waals surface area contributed by atoms with Gasteiger partial charge in [0.25, 0.3) is 0 Å². The number of amides is 1. The highest BCUT2D eigenvalue weighted by atomic mass is 16.2. The van der Waals surface area contributed by atoms with Gasteiger partial charge in [-0.1, -0.05) is 0 Å². The maximum Gasteiger partial charge on any atom is 0.244 e. The van der Waals surface area contributed by atoms with Gasteiger partial charge in [-0.2, -0.15) is 0 Å². The van der Waals surface area contributed by atoms with Crippen LogP contribution >= 0.6 is 0 Å². The molecule has 0 fully saturated rings. The van der Waals surface area contributed by atoms with Crippen LogP contribution in [0.25, 0.3) is 0 Å². The van der Waals surface area contributed by atoms with Gasteiger partial charge in [0.05, 0.1) is 17.4 Å². The molecular weight excluding hydrogens is 190 g/mol. The van der Waals surface area contributed by atoms with Crippen LogP contribution in [0.15, 0.2) is 18.5 Å². The summed E-state index contributed by atoms with van der Waals surface area (Å²) in [5, 5.41) is 5.75. The topological polar surface area (TPSA) is 54.0 Å². The van der Waals surface area contributed by atoms with Gasteiger partial charge in [-0.05, 0) is 39.4 Å². The molecule has 15 heavy (non-hydrogen) atoms. The third-order valence-electron chi connectivity index (χ3n) is 2.33. The molecule has 1 aromatic rings. The normalized spacial score (nSPS) is 11.2. The molecule has 4 nitrogen and oxygen atoms in total. The van der Waals surface area contributed by atoms with Gasteiger partial charge < -0.3 is 10.6 Å². The monoisotopic (exact) mass is 207 g/mol. The second-order valence-corrected chi connectivity index (χ2v) is 4.08. The molecule has 0 spiro atoms. The lowest BCUT2D eigenvalue weighted by molar-refractivity contribution is -0.121. The van der Waals surface area contributed by atoms with Gasteiger partial charge in [0, 0.05) is 6.20 Å². The van der Waals surface area contributed by atoms with Gasteiger partial charge in [0.1, 0.15) is 0 Å². The molecule has 0 atom stereocenters. The first-order valence-electron chi connectivity index (χ1n) is 4.88. The number of aromatic nitrogens is 1. The Morgan fingerprint density at radius 2 is 2.07 bits per heavy atom. The molecule has 0 radical (unpaired) electrons. The summed E-state index contributed by atoms with van der Waals surface area (Å²) in [5.41, 5.74) is 1.17. The van der Waals surface area contributed by atoms with E-state index in [0.717, 1.165) is 11.3 Å². The summed E-state index contributed by atoms with van der Waals surface area (Å²) in [4.78, 5) is 15.8. The Morgan fingerprint density at radius 3 is 2.60 bits per heavy atom. The molecule has 0 saturated carbocycles. The Labute approximate surface area is 90.1 Å². The van der Waals surface area contributed by atoms with E-state index in [9.17, 15) is 4.79 Å². The van der Waals surface area contributed by atoms with Crippen molar-refractivity contribution in [1.82, 2.24) is 10.3 Å². The third kappa shape index (κ3) is 3.02. The molecule has 82 valence electrons. The number of pyridine rings is 1. The third-order valence-corrected chi connectivity index (χ3v) is 2.33. The lowest BCUT2D eigenvalue weighted by Gasteiger charge is -2.22. The Kier molecular flexibility index (Phi) is 3.42. The molecule has 1 amide bonds. The summed E-state index contributed by atoms with van der Waals surface area (Å²) in [6.45, 7) is 5.59. The quantitative estimate of drug-likeness (QED) is 0.786. The average molecular weight is 207 g/mol. The second kappa shape index (κ2) is 4.40. The Hall–Kier alpha value is -1.42. The van der Waals surface area contributed by atoms with Crippen molar-refractivity contribution >= 4 is 11.6 Å². The van der Waals surface area contributed by atoms with Crippen LogP contribution < -0.4 is 10.6 Å². The van der Waals surface area contributed by atoms with Gasteiger partial charge in [0.15, 0.2) is 0 Å². The lowest BCUT2D eigenvalue weighted by atomic mass is 10.1. The van der Waals surface area contributed by atoms with Crippen molar-refractivity contribution in [1.29, 1.82) is 0 Å². The first-order valence-corrected chi connectivity index (χ1v) is 4.88. The molecule has 0 saturated heterocycles. The summed E-state index contributed by atoms with van der Waals surface area (Å²) in [5.74, 6) is -0.0719. The van der Waals surface area contributed by atoms with Gasteiger partial charge in [-0.25, -0.2) is 0 Å². The summed E-state index contributed by atoms with van der Waals surface area (Å²) < 4.78 is 0. The van der Waals surface area contributed by atoms with Gasteiger partial charge in [-0.15, -0.1) is 0 Å². The number of hydrogen-bond donors (Lipinski definition) is 2. The lowest BCUT2D eigenvalue weighted by Crippen LogP contribution is -2.47. The number of nitrogens with zero attached hydrogens (tertiary/aromatic N) is 1. The van der Waals surface area contributed by atoms with Crippen LogP contribution in [0.3, 0.4) is 0 Å². The smallest absolute Gasteiger partial charge is 0.244 e. The van der Waals surface area contributed by atoms with E-state index in [1.165, 1.54) is 0 Å². The highest BCUT2D eigenvalue weighted by Crippen LogP contribution is 2.10. The number of likely N-dealkylation sites (N-methyl/N-ethyl adjacent to an activating group) is 1. The molecule has 1 heterocycles. The molecule has 0 bridgehead atoms. The second-order valence-electron chi connectivity index (χ2n) is 4.08. The minimum Gasteiger partial charge on any atom is -0.323 e. The van der Waals surface area contributed by atoms with E-state index in [-0.39, 0.29) is 5.91 Å². The minimum absolute atomic E-state index is 0.0719. The highest BCUT2D eigenvalue weighted by Gasteiger charge is 2.24. The van der Waals surface area contributed by atoms with E-state index < -0.39 is 5.54 Å². The highest BCUT2D eigenvalue weighted by molar-refractivity contribution is 5.97. The predicted octanol–water partition coefficient (Wildman–Crippen LogP) is 1.33. The predicted molar refractivity (Wildman–Crippen MR) is 60.7 cm³/mol. The van der Waals surface area contributed by atoms with Crippen LogP contribution in [0.4, 0.5) is 5.69 Å². The Balaban J connectivity index is 2.75. The van der Waals surface area contributed by atoms with Gasteiger partial charge in [-0.3, -0.25) is 9.78 Å². The Morgan fingerprint density at radius 1 is 1.40 bits per heavy atom. The zero-order valence-electron chi connectivity index (χ0n) is 9.59. The summed E-state index contributed by atoms with van der Waals surface area (Å²) in [6.07, 6.45) is 3.38. The zero-order chi connectivity index (χ0) is 11.5. The van der Waals surface area contributed by atoms with E-state index in [1.807, 2.05) is 26.8 Å². The fourth-order valence-electron chi connectivity index (χ4n) is 1.02. The molecule has 2 N–H and O–H groups in total. The van der Waals surface area contributed by atoms with Crippen molar-refractivity contribution in [3.63, 3.8) is 0 Å². The van der Waals surface area contributed by atoms with Crippen molar-refractivity contribution in [2.24, 2.45) is 0 Å². The SMILES string of the molecule is CNC(C)(C)C(=O)Nc1cncc(C)c1. The average Bonchev–Trinajstić information content (AvgIpc) is 2.17. The summed E-state index contributed by atoms with van der Waals surface area (Å²) in [6, 6.07) is 1.89. The maximum atomic E-state index is 11.8. The number of carbonyl (C=O) groups excluding carboxylic acids is 1. The van der Waals surface area contributed by atoms with Crippen molar-refractivity contribution in [2.75, 3.05) is 12.4 Å². The van der Waals surface area contributed by atoms with Crippen LogP contribution in [0, 0.1) is 6.92 Å². The molecule has 4 heteroatoms. The van der Waals surface area contributed by atoms with Crippen molar-refractivity contribution < 1.29 is 4.79 Å². The number of carbonyl (C=O) groups is 1. The fraction of sp³-hybridized carbons (Fsp3) is 0.455. The number of rotatable bonds is 3. The zero-order valence-corrected chi connectivity index (χ0v) is 9.59. The van der Waals surface area contributed by atoms with Crippen molar-refractivity contribution in [2.45, 2.75) is 26.3 Å². The maximum absolute atomic E-state index is 11.8. The van der Waals surface area contributed by atoms with Crippen LogP contribution in [0.5, 0.6) is 0 Å². The van der Waals surface area contributed by atoms with Gasteiger partial charge in [0.2, 0.25) is 5.91 Å². The van der Waals surface area contributed by atoms with E-state index in [1.54, 1.807) is 19.4 Å². The fourth-order valence-corrected chi connectivity index (χ4v) is 1.02. The molecule has 0 aliphatic rings. The Bertz CT molecular complexity index is 361. The van der Waals surface area contributed by atoms with Crippen LogP contribution in [0.1, 0.15) is 19.4 Å². The molecule has 0 aliphatic carbocycles. The van der Waals surface area contributed by atoms with Crippen LogP contribution in [-0.4, -0.2) is 23.5 Å². The molecule has 1 rings (SSSR count). The van der Waals surface area contributed by atoms with Gasteiger partial charge >= 0.3 is 0 Å². The van der Waals surface area contributed by atoms with Crippen LogP contribution in [0.2, 0.25) is 0 Å². The number of nitrogens with one attached hydrogen (secondary N) is 2. The largest absolute Gasteiger partial charge is 0.323 e. The first kappa shape index (κ1) is 11.7. The standard InChI is InChI=1S/C11H17N3O/c1-8-5-9(7-13-6-8)14-10(15)11(2,3)12-4/h5-7,12H,1-4H3,(H,14,15).